The number of aliphatic hydroxyl groups is 1. The molecule has 5 nitrogen and oxygen atoms in total. The fourth-order valence-corrected chi connectivity index (χ4v) is 1.04. The molecule has 0 unspecified atom stereocenters. The molecule has 1 atom stereocenters. The van der Waals surface area contributed by atoms with Crippen molar-refractivity contribution in [2.45, 2.75) is 19.1 Å². The molecule has 1 N–H and O–H groups in total. The number of hydrogen-bond acceptors (Lipinski definition) is 4. The average molecular weight is 207 g/mol. The van der Waals surface area contributed by atoms with Crippen molar-refractivity contribution in [2.24, 2.45) is 0 Å². The second-order valence-electron chi connectivity index (χ2n) is 2.70. The molecule has 14 heavy (non-hydrogen) atoms. The number of methoxy groups -OCH3 is 1. The molecule has 0 fully saturated rings. The predicted molar refractivity (Wildman–Crippen MR) is 42.9 cm³/mol. The number of nitrogens with zero attached hydrogens (tertiary/aromatic N) is 3. The Morgan fingerprint density at radius 3 is 2.93 bits per heavy atom. The summed E-state index contributed by atoms with van der Waals surface area (Å²) in [6.07, 6.45) is -2.26. The molecule has 0 radical (unpaired) electrons. The highest BCUT2D eigenvalue weighted by atomic mass is 19.3. The molecule has 0 amide bonds. The number of aromatic nitrogens is 3. The lowest BCUT2D eigenvalue weighted by Crippen LogP contribution is -2.16. The van der Waals surface area contributed by atoms with E-state index < -0.39 is 19.1 Å². The summed E-state index contributed by atoms with van der Waals surface area (Å²) < 4.78 is 29.7. The highest BCUT2D eigenvalue weighted by Gasteiger charge is 2.16. The van der Waals surface area contributed by atoms with Gasteiger partial charge in [-0.1, -0.05) is 5.21 Å². The zero-order valence-corrected chi connectivity index (χ0v) is 7.60. The Kier molecular flexibility index (Phi) is 3.90. The average Bonchev–Trinajstić information content (AvgIpc) is 2.51. The van der Waals surface area contributed by atoms with Crippen LogP contribution in [0.1, 0.15) is 11.8 Å². The van der Waals surface area contributed by atoms with E-state index in [0.29, 0.717) is 0 Å². The second kappa shape index (κ2) is 4.97. The van der Waals surface area contributed by atoms with Gasteiger partial charge in [-0.3, -0.25) is 0 Å². The first-order valence-electron chi connectivity index (χ1n) is 3.98. The van der Waals surface area contributed by atoms with Gasteiger partial charge in [0.25, 0.3) is 6.43 Å². The maximum absolute atomic E-state index is 12.0. The summed E-state index contributed by atoms with van der Waals surface area (Å²) >= 11 is 0. The van der Waals surface area contributed by atoms with Crippen LogP contribution in [0, 0.1) is 0 Å². The van der Waals surface area contributed by atoms with Crippen molar-refractivity contribution in [1.82, 2.24) is 15.0 Å². The largest absolute Gasteiger partial charge is 0.384 e. The van der Waals surface area contributed by atoms with Gasteiger partial charge in [0.15, 0.2) is 0 Å². The van der Waals surface area contributed by atoms with Crippen LogP contribution >= 0.6 is 0 Å². The zero-order chi connectivity index (χ0) is 10.6. The third-order valence-corrected chi connectivity index (χ3v) is 1.62. The quantitative estimate of drug-likeness (QED) is 0.750. The normalized spacial score (nSPS) is 13.5. The minimum Gasteiger partial charge on any atom is -0.384 e. The third-order valence-electron chi connectivity index (χ3n) is 1.62. The minimum absolute atomic E-state index is 0.0244. The third kappa shape index (κ3) is 2.71. The van der Waals surface area contributed by atoms with Crippen molar-refractivity contribution in [3.05, 3.63) is 11.9 Å². The summed E-state index contributed by atoms with van der Waals surface area (Å²) in [6.45, 7) is -0.549. The van der Waals surface area contributed by atoms with Gasteiger partial charge in [-0.2, -0.15) is 0 Å². The van der Waals surface area contributed by atoms with E-state index in [1.807, 2.05) is 0 Å². The number of ether oxygens (including phenoxy) is 1. The molecule has 0 saturated carbocycles. The summed E-state index contributed by atoms with van der Waals surface area (Å²) in [5, 5.41) is 16.3. The van der Waals surface area contributed by atoms with Crippen molar-refractivity contribution >= 4 is 0 Å². The van der Waals surface area contributed by atoms with Crippen molar-refractivity contribution < 1.29 is 18.6 Å². The highest BCUT2D eigenvalue weighted by molar-refractivity contribution is 4.98. The summed E-state index contributed by atoms with van der Waals surface area (Å²) in [6, 6.07) is 0. The van der Waals surface area contributed by atoms with Gasteiger partial charge in [0.1, 0.15) is 12.6 Å². The second-order valence-corrected chi connectivity index (χ2v) is 2.70. The van der Waals surface area contributed by atoms with Gasteiger partial charge in [0, 0.05) is 7.11 Å². The topological polar surface area (TPSA) is 60.2 Å². The number of halogens is 2. The van der Waals surface area contributed by atoms with E-state index in [9.17, 15) is 13.9 Å². The standard InChI is InChI=1S/C7H11F2N3O2/c1-14-4-6(13)5-2-10-11-12(5)3-7(8)9/h2,6-7,13H,3-4H2,1H3/t6-/m1/s1. The lowest BCUT2D eigenvalue weighted by Gasteiger charge is -2.10. The fourth-order valence-electron chi connectivity index (χ4n) is 1.04. The molecule has 1 rings (SSSR count). The van der Waals surface area contributed by atoms with Gasteiger partial charge in [-0.15, -0.1) is 5.10 Å². The first-order valence-corrected chi connectivity index (χ1v) is 3.98. The van der Waals surface area contributed by atoms with Crippen LogP contribution in [0.25, 0.3) is 0 Å². The smallest absolute Gasteiger partial charge is 0.257 e. The van der Waals surface area contributed by atoms with Gasteiger partial charge >= 0.3 is 0 Å². The first-order chi connectivity index (χ1) is 6.65. The molecule has 7 heteroatoms. The number of aliphatic hydroxyl groups excluding tert-OH is 1. The van der Waals surface area contributed by atoms with E-state index in [0.717, 1.165) is 4.68 Å². The van der Waals surface area contributed by atoms with E-state index in [4.69, 9.17) is 0 Å². The minimum atomic E-state index is -2.52. The molecule has 0 aliphatic carbocycles. The van der Waals surface area contributed by atoms with Crippen LogP contribution in [-0.2, 0) is 11.3 Å². The molecule has 1 aromatic rings. The SMILES string of the molecule is COC[C@@H](O)c1cnnn1CC(F)F. The van der Waals surface area contributed by atoms with Gasteiger partial charge < -0.3 is 9.84 Å². The van der Waals surface area contributed by atoms with Crippen molar-refractivity contribution in [3.8, 4) is 0 Å². The van der Waals surface area contributed by atoms with Crippen LogP contribution in [0.15, 0.2) is 6.20 Å². The van der Waals surface area contributed by atoms with Gasteiger partial charge in [0.05, 0.1) is 18.5 Å². The molecule has 80 valence electrons. The van der Waals surface area contributed by atoms with E-state index in [2.05, 4.69) is 15.0 Å². The summed E-state index contributed by atoms with van der Waals surface area (Å²) in [4.78, 5) is 0. The Morgan fingerprint density at radius 2 is 2.36 bits per heavy atom. The Hall–Kier alpha value is -1.08. The molecule has 1 aromatic heterocycles. The van der Waals surface area contributed by atoms with Crippen molar-refractivity contribution in [3.63, 3.8) is 0 Å². The van der Waals surface area contributed by atoms with Gasteiger partial charge in [-0.05, 0) is 0 Å². The van der Waals surface area contributed by atoms with Gasteiger partial charge in [-0.25, -0.2) is 13.5 Å². The molecule has 0 aromatic carbocycles. The lowest BCUT2D eigenvalue weighted by molar-refractivity contribution is 0.0539. The molecule has 0 aliphatic heterocycles. The van der Waals surface area contributed by atoms with Crippen molar-refractivity contribution in [2.75, 3.05) is 13.7 Å². The summed E-state index contributed by atoms with van der Waals surface area (Å²) in [5.41, 5.74) is 0.229. The Bertz CT molecular complexity index is 280. The lowest BCUT2D eigenvalue weighted by atomic mass is 10.3. The highest BCUT2D eigenvalue weighted by Crippen LogP contribution is 2.12. The molecule has 0 saturated heterocycles. The molecule has 0 spiro atoms. The Balaban J connectivity index is 2.70. The van der Waals surface area contributed by atoms with Crippen LogP contribution in [0.2, 0.25) is 0 Å². The van der Waals surface area contributed by atoms with E-state index in [-0.39, 0.29) is 12.3 Å². The number of rotatable bonds is 5. The van der Waals surface area contributed by atoms with Crippen LogP contribution < -0.4 is 0 Å². The number of hydrogen-bond donors (Lipinski definition) is 1. The molecule has 0 bridgehead atoms. The molecular formula is C7H11F2N3O2. The Labute approximate surface area is 79.3 Å². The van der Waals surface area contributed by atoms with Gasteiger partial charge in [0.2, 0.25) is 0 Å². The monoisotopic (exact) mass is 207 g/mol. The molecule has 0 aliphatic rings. The van der Waals surface area contributed by atoms with Crippen molar-refractivity contribution in [1.29, 1.82) is 0 Å². The maximum atomic E-state index is 12.0. The maximum Gasteiger partial charge on any atom is 0.257 e. The predicted octanol–water partition coefficient (Wildman–Crippen LogP) is 0.223. The first kappa shape index (κ1) is 11.0. The van der Waals surface area contributed by atoms with Crippen LogP contribution in [0.4, 0.5) is 8.78 Å². The Morgan fingerprint density at radius 1 is 1.64 bits per heavy atom. The van der Waals surface area contributed by atoms with Crippen LogP contribution in [0.3, 0.4) is 0 Å². The molecular weight excluding hydrogens is 196 g/mol. The summed E-state index contributed by atoms with van der Waals surface area (Å²) in [7, 11) is 1.41. The zero-order valence-electron chi connectivity index (χ0n) is 7.60. The van der Waals surface area contributed by atoms with E-state index in [1.165, 1.54) is 13.3 Å². The van der Waals surface area contributed by atoms with E-state index in [1.54, 1.807) is 0 Å². The van der Waals surface area contributed by atoms with Crippen LogP contribution in [-0.4, -0.2) is 40.2 Å². The van der Waals surface area contributed by atoms with Crippen LogP contribution in [0.5, 0.6) is 0 Å². The number of alkyl halides is 2. The van der Waals surface area contributed by atoms with E-state index >= 15 is 0 Å². The summed E-state index contributed by atoms with van der Waals surface area (Å²) in [5.74, 6) is 0. The molecule has 1 heterocycles. The fraction of sp³-hybridized carbons (Fsp3) is 0.714.